The number of ether oxygens (including phenoxy) is 1. The van der Waals surface area contributed by atoms with E-state index < -0.39 is 33.6 Å². The Bertz CT molecular complexity index is 1910. The van der Waals surface area contributed by atoms with Crippen molar-refractivity contribution in [1.29, 1.82) is 0 Å². The highest BCUT2D eigenvalue weighted by Gasteiger charge is 2.30. The third-order valence-electron chi connectivity index (χ3n) is 7.65. The molecule has 11 nitrogen and oxygen atoms in total. The number of piperidine rings is 1. The van der Waals surface area contributed by atoms with Crippen molar-refractivity contribution in [1.82, 2.24) is 9.88 Å². The van der Waals surface area contributed by atoms with E-state index in [2.05, 4.69) is 25.2 Å². The molecule has 1 aliphatic heterocycles. The standard InChI is InChI=1S/C34H36F2N6O5S.ClH/c1-22-17-27(40-48(3,45)46)9-11-32(22)47-33-12-7-24(20-37-33)21-41-15-13-28(14-16-41)42(29-6-4-5-25(35)18-29)34(44)39-26-8-10-30(36)31(19-26)38-23(2)43;/h4-12,17-20,28,40H,13-16,21H2,1-3H3,(H,38,43)(H,39,44);1H. The van der Waals surface area contributed by atoms with Gasteiger partial charge in [-0.2, -0.15) is 0 Å². The fourth-order valence-electron chi connectivity index (χ4n) is 5.50. The molecule has 0 saturated carbocycles. The minimum atomic E-state index is -3.39. The lowest BCUT2D eigenvalue weighted by Crippen LogP contribution is -2.49. The van der Waals surface area contributed by atoms with Crippen molar-refractivity contribution in [3.8, 4) is 11.6 Å². The number of anilines is 4. The van der Waals surface area contributed by atoms with Crippen molar-refractivity contribution in [2.45, 2.75) is 39.3 Å². The summed E-state index contributed by atoms with van der Waals surface area (Å²) in [7, 11) is -3.39. The zero-order chi connectivity index (χ0) is 34.4. The summed E-state index contributed by atoms with van der Waals surface area (Å²) >= 11 is 0. The zero-order valence-corrected chi connectivity index (χ0v) is 28.7. The first-order valence-electron chi connectivity index (χ1n) is 15.2. The molecule has 5 rings (SSSR count). The predicted molar refractivity (Wildman–Crippen MR) is 188 cm³/mol. The first kappa shape index (κ1) is 37.0. The Morgan fingerprint density at radius 3 is 2.35 bits per heavy atom. The number of nitrogens with zero attached hydrogens (tertiary/aromatic N) is 3. The van der Waals surface area contributed by atoms with Gasteiger partial charge in [-0.05, 0) is 85.5 Å². The number of carbonyl (C=O) groups excluding carboxylic acids is 2. The van der Waals surface area contributed by atoms with Crippen molar-refractivity contribution < 1.29 is 31.5 Å². The fourth-order valence-corrected chi connectivity index (χ4v) is 6.06. The molecule has 4 aromatic rings. The molecule has 1 aliphatic rings. The number of hydrogen-bond donors (Lipinski definition) is 3. The second-order valence-electron chi connectivity index (χ2n) is 11.6. The second-order valence-corrected chi connectivity index (χ2v) is 13.4. The molecule has 2 heterocycles. The number of pyridine rings is 1. The highest BCUT2D eigenvalue weighted by molar-refractivity contribution is 7.92. The van der Waals surface area contributed by atoms with Crippen LogP contribution in [-0.4, -0.2) is 55.6 Å². The first-order chi connectivity index (χ1) is 22.8. The van der Waals surface area contributed by atoms with Crippen LogP contribution in [0.5, 0.6) is 11.6 Å². The molecule has 0 aliphatic carbocycles. The lowest BCUT2D eigenvalue weighted by Gasteiger charge is -2.38. The molecule has 0 spiro atoms. The number of sulfonamides is 1. The number of nitrogens with one attached hydrogen (secondary N) is 3. The topological polar surface area (TPSA) is 133 Å². The molecule has 0 radical (unpaired) electrons. The van der Waals surface area contributed by atoms with Gasteiger partial charge in [-0.3, -0.25) is 19.3 Å². The number of halogens is 3. The van der Waals surface area contributed by atoms with E-state index >= 15 is 0 Å². The Balaban J connectivity index is 0.00000541. The van der Waals surface area contributed by atoms with Crippen molar-refractivity contribution in [2.75, 3.05) is 39.6 Å². The van der Waals surface area contributed by atoms with E-state index in [4.69, 9.17) is 4.74 Å². The minimum Gasteiger partial charge on any atom is -0.439 e. The third-order valence-corrected chi connectivity index (χ3v) is 8.26. The average Bonchev–Trinajstić information content (AvgIpc) is 3.01. The lowest BCUT2D eigenvalue weighted by molar-refractivity contribution is -0.114. The molecule has 49 heavy (non-hydrogen) atoms. The number of urea groups is 1. The summed E-state index contributed by atoms with van der Waals surface area (Å²) in [6.07, 6.45) is 4.05. The van der Waals surface area contributed by atoms with Crippen LogP contribution in [0.2, 0.25) is 0 Å². The van der Waals surface area contributed by atoms with E-state index in [9.17, 15) is 26.8 Å². The molecule has 0 bridgehead atoms. The minimum absolute atomic E-state index is 0. The van der Waals surface area contributed by atoms with Crippen molar-refractivity contribution >= 4 is 57.1 Å². The molecule has 0 unspecified atom stereocenters. The van der Waals surface area contributed by atoms with Gasteiger partial charge in [0.05, 0.1) is 11.9 Å². The van der Waals surface area contributed by atoms with Crippen LogP contribution in [0.4, 0.5) is 36.3 Å². The van der Waals surface area contributed by atoms with Gasteiger partial charge in [0, 0.05) is 61.9 Å². The predicted octanol–water partition coefficient (Wildman–Crippen LogP) is 6.92. The number of rotatable bonds is 10. The summed E-state index contributed by atoms with van der Waals surface area (Å²) in [6.45, 7) is 5.03. The van der Waals surface area contributed by atoms with Gasteiger partial charge in [-0.15, -0.1) is 12.4 Å². The van der Waals surface area contributed by atoms with Crippen molar-refractivity contribution in [3.05, 3.63) is 102 Å². The van der Waals surface area contributed by atoms with Crippen LogP contribution < -0.4 is 25.0 Å². The molecule has 1 aromatic heterocycles. The van der Waals surface area contributed by atoms with Crippen LogP contribution in [0.1, 0.15) is 30.9 Å². The molecular weight excluding hydrogens is 678 g/mol. The Labute approximate surface area is 290 Å². The SMILES string of the molecule is CC(=O)Nc1cc(NC(=O)N(c2cccc(F)c2)C2CCN(Cc3ccc(Oc4ccc(NS(C)(=O)=O)cc4C)nc3)CC2)ccc1F.Cl. The number of hydrogen-bond acceptors (Lipinski definition) is 7. The molecule has 260 valence electrons. The summed E-state index contributed by atoms with van der Waals surface area (Å²) < 4.78 is 59.8. The van der Waals surface area contributed by atoms with Crippen LogP contribution in [0.15, 0.2) is 79.0 Å². The number of aromatic nitrogens is 1. The Hall–Kier alpha value is -4.79. The van der Waals surface area contributed by atoms with E-state index in [0.29, 0.717) is 55.5 Å². The van der Waals surface area contributed by atoms with E-state index in [1.54, 1.807) is 42.6 Å². The van der Waals surface area contributed by atoms with Gasteiger partial charge in [0.2, 0.25) is 21.8 Å². The van der Waals surface area contributed by atoms with Gasteiger partial charge < -0.3 is 15.4 Å². The van der Waals surface area contributed by atoms with Gasteiger partial charge >= 0.3 is 6.03 Å². The average molecular weight is 715 g/mol. The van der Waals surface area contributed by atoms with E-state index in [1.807, 2.05) is 13.0 Å². The number of amides is 3. The molecule has 3 amide bonds. The van der Waals surface area contributed by atoms with Gasteiger partial charge in [0.15, 0.2) is 0 Å². The molecule has 3 aromatic carbocycles. The van der Waals surface area contributed by atoms with Gasteiger partial charge in [-0.1, -0.05) is 12.1 Å². The van der Waals surface area contributed by atoms with Crippen LogP contribution in [0.3, 0.4) is 0 Å². The Morgan fingerprint density at radius 2 is 1.71 bits per heavy atom. The van der Waals surface area contributed by atoms with Crippen LogP contribution in [-0.2, 0) is 21.4 Å². The number of likely N-dealkylation sites (tertiary alicyclic amines) is 1. The highest BCUT2D eigenvalue weighted by Crippen LogP contribution is 2.29. The van der Waals surface area contributed by atoms with Gasteiger partial charge in [0.1, 0.15) is 17.4 Å². The summed E-state index contributed by atoms with van der Waals surface area (Å²) in [5.74, 6) is -0.619. The zero-order valence-electron chi connectivity index (χ0n) is 27.1. The first-order valence-corrected chi connectivity index (χ1v) is 17.1. The lowest BCUT2D eigenvalue weighted by atomic mass is 10.0. The second kappa shape index (κ2) is 16.1. The highest BCUT2D eigenvalue weighted by atomic mass is 35.5. The molecule has 3 N–H and O–H groups in total. The normalized spacial score (nSPS) is 13.6. The maximum Gasteiger partial charge on any atom is 0.326 e. The van der Waals surface area contributed by atoms with E-state index in [0.717, 1.165) is 23.4 Å². The molecular formula is C34H37ClF2N6O5S. The Morgan fingerprint density at radius 1 is 0.980 bits per heavy atom. The van der Waals surface area contributed by atoms with Gasteiger partial charge in [-0.25, -0.2) is 27.0 Å². The monoisotopic (exact) mass is 714 g/mol. The number of benzene rings is 3. The van der Waals surface area contributed by atoms with Gasteiger partial charge in [0.25, 0.3) is 0 Å². The summed E-state index contributed by atoms with van der Waals surface area (Å²) in [6, 6.07) is 17.6. The summed E-state index contributed by atoms with van der Waals surface area (Å²) in [5.41, 5.74) is 2.76. The molecule has 1 fully saturated rings. The largest absolute Gasteiger partial charge is 0.439 e. The smallest absolute Gasteiger partial charge is 0.326 e. The van der Waals surface area contributed by atoms with E-state index in [-0.39, 0.29) is 29.8 Å². The summed E-state index contributed by atoms with van der Waals surface area (Å²) in [4.78, 5) is 33.3. The maximum atomic E-state index is 14.3. The maximum absolute atomic E-state index is 14.3. The molecule has 0 atom stereocenters. The molecule has 15 heteroatoms. The van der Waals surface area contributed by atoms with Crippen molar-refractivity contribution in [3.63, 3.8) is 0 Å². The fraction of sp³-hybridized carbons (Fsp3) is 0.265. The number of aryl methyl sites for hydroxylation is 1. The summed E-state index contributed by atoms with van der Waals surface area (Å²) in [5, 5.41) is 5.18. The van der Waals surface area contributed by atoms with Crippen LogP contribution >= 0.6 is 12.4 Å². The van der Waals surface area contributed by atoms with Crippen molar-refractivity contribution in [2.24, 2.45) is 0 Å². The Kier molecular flexibility index (Phi) is 12.1. The third kappa shape index (κ3) is 10.3. The van der Waals surface area contributed by atoms with E-state index in [1.165, 1.54) is 36.1 Å². The van der Waals surface area contributed by atoms with Crippen LogP contribution in [0, 0.1) is 18.6 Å². The quantitative estimate of drug-likeness (QED) is 0.163. The molecule has 1 saturated heterocycles. The van der Waals surface area contributed by atoms with Crippen LogP contribution in [0.25, 0.3) is 0 Å². The number of carbonyl (C=O) groups is 2.